The minimum Gasteiger partial charge on any atom is -0.486 e. The van der Waals surface area contributed by atoms with Gasteiger partial charge in [-0.1, -0.05) is 33.3 Å². The first-order chi connectivity index (χ1) is 8.60. The van der Waals surface area contributed by atoms with E-state index in [1.807, 2.05) is 0 Å². The predicted molar refractivity (Wildman–Crippen MR) is 75.3 cm³/mol. The molecule has 1 aromatic carbocycles. The first-order valence-corrected chi connectivity index (χ1v) is 7.16. The van der Waals surface area contributed by atoms with Gasteiger partial charge in [0.1, 0.15) is 11.9 Å². The summed E-state index contributed by atoms with van der Waals surface area (Å²) in [5.74, 6) is 1.03. The number of hydrogen-bond donors (Lipinski definition) is 1. The topological polar surface area (TPSA) is 21.3 Å². The highest BCUT2D eigenvalue weighted by Gasteiger charge is 2.43. The SMILES string of the molecule is CCc1ccc2c(c1)NC1CCCC(C)(C)C1O2. The molecule has 2 nitrogen and oxygen atoms in total. The number of aryl methyl sites for hydroxylation is 1. The van der Waals surface area contributed by atoms with E-state index in [-0.39, 0.29) is 5.41 Å². The van der Waals surface area contributed by atoms with E-state index in [1.165, 1.54) is 30.5 Å². The smallest absolute Gasteiger partial charge is 0.142 e. The number of ether oxygens (including phenoxy) is 1. The Morgan fingerprint density at radius 1 is 1.39 bits per heavy atom. The third-order valence-corrected chi connectivity index (χ3v) is 4.52. The van der Waals surface area contributed by atoms with Gasteiger partial charge in [0.15, 0.2) is 0 Å². The van der Waals surface area contributed by atoms with Gasteiger partial charge in [0.05, 0.1) is 11.7 Å². The zero-order chi connectivity index (χ0) is 12.8. The molecule has 0 radical (unpaired) electrons. The Bertz CT molecular complexity index is 452. The van der Waals surface area contributed by atoms with Crippen molar-refractivity contribution >= 4 is 5.69 Å². The second-order valence-corrected chi connectivity index (χ2v) is 6.35. The molecule has 0 spiro atoms. The lowest BCUT2D eigenvalue weighted by Gasteiger charge is -2.47. The van der Waals surface area contributed by atoms with E-state index in [1.54, 1.807) is 0 Å². The maximum atomic E-state index is 6.29. The van der Waals surface area contributed by atoms with Crippen molar-refractivity contribution in [1.29, 1.82) is 0 Å². The third-order valence-electron chi connectivity index (χ3n) is 4.52. The number of hydrogen-bond acceptors (Lipinski definition) is 2. The lowest BCUT2D eigenvalue weighted by molar-refractivity contribution is 0.0175. The Hall–Kier alpha value is -1.18. The largest absolute Gasteiger partial charge is 0.486 e. The molecular weight excluding hydrogens is 222 g/mol. The van der Waals surface area contributed by atoms with Crippen molar-refractivity contribution in [2.24, 2.45) is 5.41 Å². The van der Waals surface area contributed by atoms with Crippen LogP contribution >= 0.6 is 0 Å². The number of nitrogens with one attached hydrogen (secondary N) is 1. The van der Waals surface area contributed by atoms with Gasteiger partial charge in [-0.2, -0.15) is 0 Å². The van der Waals surface area contributed by atoms with Crippen LogP contribution in [-0.2, 0) is 6.42 Å². The highest BCUT2D eigenvalue weighted by Crippen LogP contribution is 2.44. The molecule has 1 saturated carbocycles. The molecule has 1 N–H and O–H groups in total. The summed E-state index contributed by atoms with van der Waals surface area (Å²) in [7, 11) is 0. The fraction of sp³-hybridized carbons (Fsp3) is 0.625. The molecule has 2 unspecified atom stereocenters. The van der Waals surface area contributed by atoms with Crippen LogP contribution in [0.2, 0.25) is 0 Å². The summed E-state index contributed by atoms with van der Waals surface area (Å²) in [6, 6.07) is 7.03. The maximum absolute atomic E-state index is 6.29. The van der Waals surface area contributed by atoms with Gasteiger partial charge in [-0.05, 0) is 37.0 Å². The van der Waals surface area contributed by atoms with E-state index in [0.717, 1.165) is 12.2 Å². The quantitative estimate of drug-likeness (QED) is 0.807. The average molecular weight is 245 g/mol. The summed E-state index contributed by atoms with van der Waals surface area (Å²) in [5.41, 5.74) is 2.84. The molecule has 2 heteroatoms. The van der Waals surface area contributed by atoms with Crippen LogP contribution in [0.5, 0.6) is 5.75 Å². The molecule has 0 saturated heterocycles. The van der Waals surface area contributed by atoms with Gasteiger partial charge in [0.2, 0.25) is 0 Å². The Morgan fingerprint density at radius 2 is 2.22 bits per heavy atom. The minimum atomic E-state index is 0.275. The molecule has 98 valence electrons. The van der Waals surface area contributed by atoms with Gasteiger partial charge in [0, 0.05) is 5.41 Å². The number of anilines is 1. The van der Waals surface area contributed by atoms with Crippen LogP contribution in [0.3, 0.4) is 0 Å². The van der Waals surface area contributed by atoms with Crippen LogP contribution in [0.15, 0.2) is 18.2 Å². The molecule has 1 fully saturated rings. The van der Waals surface area contributed by atoms with Crippen molar-refractivity contribution in [2.75, 3.05) is 5.32 Å². The van der Waals surface area contributed by atoms with Gasteiger partial charge in [-0.15, -0.1) is 0 Å². The van der Waals surface area contributed by atoms with Gasteiger partial charge in [-0.3, -0.25) is 0 Å². The molecule has 3 rings (SSSR count). The average Bonchev–Trinajstić information content (AvgIpc) is 2.36. The summed E-state index contributed by atoms with van der Waals surface area (Å²) in [5, 5.41) is 3.70. The summed E-state index contributed by atoms with van der Waals surface area (Å²) < 4.78 is 6.29. The zero-order valence-corrected chi connectivity index (χ0v) is 11.6. The summed E-state index contributed by atoms with van der Waals surface area (Å²) in [6.45, 7) is 6.85. The Balaban J connectivity index is 1.93. The van der Waals surface area contributed by atoms with Crippen LogP contribution in [-0.4, -0.2) is 12.1 Å². The van der Waals surface area contributed by atoms with Crippen LogP contribution in [0.1, 0.15) is 45.6 Å². The van der Waals surface area contributed by atoms with Gasteiger partial charge in [-0.25, -0.2) is 0 Å². The fourth-order valence-electron chi connectivity index (χ4n) is 3.35. The van der Waals surface area contributed by atoms with Gasteiger partial charge < -0.3 is 10.1 Å². The summed E-state index contributed by atoms with van der Waals surface area (Å²) in [6.07, 6.45) is 5.18. The fourth-order valence-corrected chi connectivity index (χ4v) is 3.35. The highest BCUT2D eigenvalue weighted by atomic mass is 16.5. The monoisotopic (exact) mass is 245 g/mol. The lowest BCUT2D eigenvalue weighted by atomic mass is 9.72. The van der Waals surface area contributed by atoms with Crippen LogP contribution < -0.4 is 10.1 Å². The molecule has 18 heavy (non-hydrogen) atoms. The number of rotatable bonds is 1. The van der Waals surface area contributed by atoms with E-state index >= 15 is 0 Å². The van der Waals surface area contributed by atoms with Crippen LogP contribution in [0.4, 0.5) is 5.69 Å². The molecular formula is C16H23NO. The molecule has 0 aromatic heterocycles. The van der Waals surface area contributed by atoms with Crippen LogP contribution in [0, 0.1) is 5.41 Å². The van der Waals surface area contributed by atoms with Crippen molar-refractivity contribution < 1.29 is 4.74 Å². The van der Waals surface area contributed by atoms with Crippen molar-refractivity contribution in [3.8, 4) is 5.75 Å². The molecule has 0 bridgehead atoms. The molecule has 1 aliphatic heterocycles. The minimum absolute atomic E-state index is 0.275. The van der Waals surface area contributed by atoms with Crippen molar-refractivity contribution in [3.63, 3.8) is 0 Å². The third kappa shape index (κ3) is 1.88. The van der Waals surface area contributed by atoms with E-state index in [0.29, 0.717) is 12.1 Å². The molecule has 0 amide bonds. The first kappa shape index (κ1) is 11.9. The summed E-state index contributed by atoms with van der Waals surface area (Å²) >= 11 is 0. The van der Waals surface area contributed by atoms with Gasteiger partial charge in [0.25, 0.3) is 0 Å². The van der Waals surface area contributed by atoms with Gasteiger partial charge >= 0.3 is 0 Å². The molecule has 1 aromatic rings. The maximum Gasteiger partial charge on any atom is 0.142 e. The molecule has 2 aliphatic rings. The second kappa shape index (κ2) is 4.18. The van der Waals surface area contributed by atoms with Crippen molar-refractivity contribution in [3.05, 3.63) is 23.8 Å². The second-order valence-electron chi connectivity index (χ2n) is 6.35. The zero-order valence-electron chi connectivity index (χ0n) is 11.6. The standard InChI is InChI=1S/C16H23NO/c1-4-11-7-8-14-13(10-11)17-12-6-5-9-16(2,3)15(12)18-14/h7-8,10,12,15,17H,4-6,9H2,1-3H3. The highest BCUT2D eigenvalue weighted by molar-refractivity contribution is 5.60. The van der Waals surface area contributed by atoms with Crippen molar-refractivity contribution in [2.45, 2.75) is 58.6 Å². The predicted octanol–water partition coefficient (Wildman–Crippen LogP) is 4.00. The van der Waals surface area contributed by atoms with Crippen LogP contribution in [0.25, 0.3) is 0 Å². The Morgan fingerprint density at radius 3 is 3.00 bits per heavy atom. The first-order valence-electron chi connectivity index (χ1n) is 7.16. The van der Waals surface area contributed by atoms with E-state index < -0.39 is 0 Å². The normalized spacial score (nSPS) is 28.6. The molecule has 1 aliphatic carbocycles. The number of fused-ring (bicyclic) bond motifs is 2. The van der Waals surface area contributed by atoms with Crippen molar-refractivity contribution in [1.82, 2.24) is 0 Å². The molecule has 2 atom stereocenters. The number of benzene rings is 1. The summed E-state index contributed by atoms with van der Waals surface area (Å²) in [4.78, 5) is 0. The lowest BCUT2D eigenvalue weighted by Crippen LogP contribution is -2.52. The Kier molecular flexibility index (Phi) is 2.76. The van der Waals surface area contributed by atoms with E-state index in [2.05, 4.69) is 44.3 Å². The Labute approximate surface area is 110 Å². The molecule has 1 heterocycles. The van der Waals surface area contributed by atoms with E-state index in [4.69, 9.17) is 4.74 Å². The van der Waals surface area contributed by atoms with E-state index in [9.17, 15) is 0 Å².